The molecule has 0 amide bonds. The topological polar surface area (TPSA) is 93.5 Å². The minimum Gasteiger partial charge on any atom is -0.383 e. The first-order valence-electron chi connectivity index (χ1n) is 9.88. The van der Waals surface area contributed by atoms with Gasteiger partial charge >= 0.3 is 0 Å². The first kappa shape index (κ1) is 21.8. The summed E-state index contributed by atoms with van der Waals surface area (Å²) < 4.78 is 35.5. The molecule has 0 saturated carbocycles. The molecule has 10 heteroatoms. The van der Waals surface area contributed by atoms with Crippen LogP contribution in [0.1, 0.15) is 31.2 Å². The highest BCUT2D eigenvalue weighted by Crippen LogP contribution is 2.37. The van der Waals surface area contributed by atoms with Gasteiger partial charge in [0.1, 0.15) is 0 Å². The van der Waals surface area contributed by atoms with Crippen LogP contribution in [-0.4, -0.2) is 78.7 Å². The molecule has 1 aromatic carbocycles. The molecule has 0 bridgehead atoms. The fraction of sp³-hybridized carbons (Fsp3) is 0.632. The molecular weight excluding hydrogens is 392 g/mol. The molecular formula is C19H30N6O3S. The van der Waals surface area contributed by atoms with Gasteiger partial charge in [-0.25, -0.2) is 13.1 Å². The van der Waals surface area contributed by atoms with Crippen molar-refractivity contribution in [1.82, 2.24) is 29.4 Å². The Hall–Kier alpha value is -1.88. The second kappa shape index (κ2) is 8.86. The first-order chi connectivity index (χ1) is 13.9. The zero-order valence-electron chi connectivity index (χ0n) is 17.6. The predicted molar refractivity (Wildman–Crippen MR) is 109 cm³/mol. The first-order valence-corrected chi connectivity index (χ1v) is 11.3. The number of hydrogen-bond acceptors (Lipinski definition) is 7. The summed E-state index contributed by atoms with van der Waals surface area (Å²) in [6.45, 7) is 3.75. The van der Waals surface area contributed by atoms with Crippen molar-refractivity contribution in [2.45, 2.75) is 43.2 Å². The van der Waals surface area contributed by atoms with Gasteiger partial charge in [-0.05, 0) is 55.4 Å². The van der Waals surface area contributed by atoms with Crippen LogP contribution in [0.15, 0.2) is 29.2 Å². The van der Waals surface area contributed by atoms with E-state index in [0.717, 1.165) is 18.4 Å². The van der Waals surface area contributed by atoms with E-state index in [0.29, 0.717) is 43.4 Å². The molecule has 2 heterocycles. The highest BCUT2D eigenvalue weighted by atomic mass is 32.2. The van der Waals surface area contributed by atoms with E-state index in [1.165, 1.54) is 0 Å². The summed E-state index contributed by atoms with van der Waals surface area (Å²) in [4.78, 5) is 2.42. The fourth-order valence-electron chi connectivity index (χ4n) is 4.00. The number of tetrazole rings is 1. The fourth-order valence-corrected chi connectivity index (χ4v) is 5.83. The van der Waals surface area contributed by atoms with Crippen molar-refractivity contribution in [2.75, 3.05) is 40.9 Å². The number of ether oxygens (including phenoxy) is 1. The molecule has 2 aromatic rings. The van der Waals surface area contributed by atoms with E-state index in [9.17, 15) is 8.42 Å². The molecule has 1 saturated heterocycles. The maximum Gasteiger partial charge on any atom is 0.243 e. The lowest BCUT2D eigenvalue weighted by molar-refractivity contribution is 0.0620. The molecule has 1 aromatic heterocycles. The number of benzene rings is 1. The Morgan fingerprint density at radius 2 is 2.03 bits per heavy atom. The van der Waals surface area contributed by atoms with E-state index in [-0.39, 0.29) is 0 Å². The van der Waals surface area contributed by atoms with Crippen molar-refractivity contribution in [3.63, 3.8) is 0 Å². The van der Waals surface area contributed by atoms with Gasteiger partial charge in [0.25, 0.3) is 0 Å². The number of piperidine rings is 1. The number of aryl methyl sites for hydroxylation is 1. The lowest BCUT2D eigenvalue weighted by atomic mass is 9.88. The Bertz CT molecular complexity index is 930. The molecule has 0 N–H and O–H groups in total. The highest BCUT2D eigenvalue weighted by Gasteiger charge is 2.46. The van der Waals surface area contributed by atoms with Crippen LogP contribution in [0.25, 0.3) is 0 Å². The Balaban J connectivity index is 2.00. The zero-order chi connectivity index (χ0) is 21.1. The maximum atomic E-state index is 13.5. The van der Waals surface area contributed by atoms with Gasteiger partial charge in [-0.1, -0.05) is 25.1 Å². The second-order valence-corrected chi connectivity index (χ2v) is 9.45. The van der Waals surface area contributed by atoms with E-state index in [2.05, 4.69) is 15.5 Å². The van der Waals surface area contributed by atoms with Crippen molar-refractivity contribution in [2.24, 2.45) is 0 Å². The third-order valence-electron chi connectivity index (χ3n) is 5.72. The average molecular weight is 423 g/mol. The molecule has 1 unspecified atom stereocenters. The van der Waals surface area contributed by atoms with Crippen LogP contribution in [0.5, 0.6) is 0 Å². The maximum absolute atomic E-state index is 13.5. The minimum absolute atomic E-state index is 0.299. The zero-order valence-corrected chi connectivity index (χ0v) is 18.4. The normalized spacial score (nSPS) is 21.0. The van der Waals surface area contributed by atoms with Crippen LogP contribution in [0, 0.1) is 0 Å². The summed E-state index contributed by atoms with van der Waals surface area (Å²) in [5.74, 6) is 0.670. The number of sulfonamides is 1. The summed E-state index contributed by atoms with van der Waals surface area (Å²) in [6.07, 6.45) is 2.16. The van der Waals surface area contributed by atoms with Gasteiger partial charge < -0.3 is 4.74 Å². The average Bonchev–Trinajstić information content (AvgIpc) is 3.21. The SMILES string of the molecule is CCc1ccccc1S(=O)(=O)N1CCCC(c2nnnn2CCOC)(N(C)C)C1. The van der Waals surface area contributed by atoms with Crippen LogP contribution in [-0.2, 0) is 33.3 Å². The number of aromatic nitrogens is 4. The summed E-state index contributed by atoms with van der Waals surface area (Å²) >= 11 is 0. The van der Waals surface area contributed by atoms with Gasteiger partial charge in [0.15, 0.2) is 5.82 Å². The summed E-state index contributed by atoms with van der Waals surface area (Å²) in [5, 5.41) is 12.3. The molecule has 1 aliphatic heterocycles. The lowest BCUT2D eigenvalue weighted by Gasteiger charge is -2.45. The van der Waals surface area contributed by atoms with Gasteiger partial charge in [0.05, 0.1) is 23.6 Å². The van der Waals surface area contributed by atoms with Crippen LogP contribution in [0.4, 0.5) is 0 Å². The van der Waals surface area contributed by atoms with Crippen molar-refractivity contribution >= 4 is 10.0 Å². The Kier molecular flexibility index (Phi) is 6.67. The van der Waals surface area contributed by atoms with E-state index in [1.54, 1.807) is 28.2 Å². The smallest absolute Gasteiger partial charge is 0.243 e. The van der Waals surface area contributed by atoms with Crippen LogP contribution < -0.4 is 0 Å². The monoisotopic (exact) mass is 422 g/mol. The van der Waals surface area contributed by atoms with Crippen molar-refractivity contribution < 1.29 is 13.2 Å². The van der Waals surface area contributed by atoms with E-state index >= 15 is 0 Å². The molecule has 9 nitrogen and oxygen atoms in total. The van der Waals surface area contributed by atoms with Crippen LogP contribution >= 0.6 is 0 Å². The Morgan fingerprint density at radius 3 is 2.72 bits per heavy atom. The third kappa shape index (κ3) is 4.07. The van der Waals surface area contributed by atoms with Crippen molar-refractivity contribution in [3.05, 3.63) is 35.7 Å². The van der Waals surface area contributed by atoms with Gasteiger partial charge in [-0.15, -0.1) is 5.10 Å². The number of rotatable bonds is 8. The Labute approximate surface area is 172 Å². The van der Waals surface area contributed by atoms with Crippen LogP contribution in [0.3, 0.4) is 0 Å². The van der Waals surface area contributed by atoms with Crippen LogP contribution in [0.2, 0.25) is 0 Å². The molecule has 0 aliphatic carbocycles. The number of likely N-dealkylation sites (N-methyl/N-ethyl adjacent to an activating group) is 1. The molecule has 0 radical (unpaired) electrons. The number of nitrogens with zero attached hydrogens (tertiary/aromatic N) is 6. The van der Waals surface area contributed by atoms with E-state index in [4.69, 9.17) is 4.74 Å². The van der Waals surface area contributed by atoms with Gasteiger partial charge in [0, 0.05) is 20.2 Å². The third-order valence-corrected chi connectivity index (χ3v) is 7.66. The molecule has 1 atom stereocenters. The van der Waals surface area contributed by atoms with Gasteiger partial charge in [-0.3, -0.25) is 4.90 Å². The second-order valence-electron chi connectivity index (χ2n) is 7.55. The van der Waals surface area contributed by atoms with E-state index in [1.807, 2.05) is 38.1 Å². The molecule has 3 rings (SSSR count). The standard InChI is InChI=1S/C19H30N6O3S/c1-5-16-9-6-7-10-17(16)29(26,27)24-12-8-11-19(15-24,23(2)3)18-20-21-22-25(18)13-14-28-4/h6-7,9-10H,5,8,11-15H2,1-4H3. The Morgan fingerprint density at radius 1 is 1.28 bits per heavy atom. The quantitative estimate of drug-likeness (QED) is 0.629. The highest BCUT2D eigenvalue weighted by molar-refractivity contribution is 7.89. The molecule has 160 valence electrons. The van der Waals surface area contributed by atoms with Gasteiger partial charge in [0.2, 0.25) is 10.0 Å². The largest absolute Gasteiger partial charge is 0.383 e. The minimum atomic E-state index is -3.63. The van der Waals surface area contributed by atoms with Crippen molar-refractivity contribution in [1.29, 1.82) is 0 Å². The lowest BCUT2D eigenvalue weighted by Crippen LogP contribution is -2.56. The van der Waals surface area contributed by atoms with E-state index < -0.39 is 15.6 Å². The summed E-state index contributed by atoms with van der Waals surface area (Å²) in [7, 11) is 1.90. The number of methoxy groups -OCH3 is 1. The molecule has 0 spiro atoms. The summed E-state index contributed by atoms with van der Waals surface area (Å²) in [5.41, 5.74) is 0.224. The summed E-state index contributed by atoms with van der Waals surface area (Å²) in [6, 6.07) is 7.23. The predicted octanol–water partition coefficient (Wildman–Crippen LogP) is 1.12. The molecule has 1 fully saturated rings. The molecule has 29 heavy (non-hydrogen) atoms. The number of hydrogen-bond donors (Lipinski definition) is 0. The van der Waals surface area contributed by atoms with Gasteiger partial charge in [-0.2, -0.15) is 4.31 Å². The molecule has 1 aliphatic rings. The van der Waals surface area contributed by atoms with Crippen molar-refractivity contribution in [3.8, 4) is 0 Å².